The van der Waals surface area contributed by atoms with Crippen LogP contribution in [0.5, 0.6) is 5.75 Å². The van der Waals surface area contributed by atoms with Crippen molar-refractivity contribution >= 4 is 15.9 Å². The molecule has 0 unspecified atom stereocenters. The summed E-state index contributed by atoms with van der Waals surface area (Å²) in [6, 6.07) is 13.3. The summed E-state index contributed by atoms with van der Waals surface area (Å²) in [5.41, 5.74) is 2.84. The third-order valence-electron chi connectivity index (χ3n) is 3.10. The lowest BCUT2D eigenvalue weighted by Crippen LogP contribution is -1.91. The fraction of sp³-hybridized carbons (Fsp3) is 0.125. The highest BCUT2D eigenvalue weighted by Crippen LogP contribution is 2.30. The molecule has 21 heavy (non-hydrogen) atoms. The van der Waals surface area contributed by atoms with E-state index in [0.717, 1.165) is 10.0 Å². The van der Waals surface area contributed by atoms with Crippen molar-refractivity contribution < 1.29 is 9.63 Å². The van der Waals surface area contributed by atoms with Gasteiger partial charge in [0.15, 0.2) is 5.82 Å². The highest BCUT2D eigenvalue weighted by atomic mass is 79.9. The number of phenolic OH excluding ortho intramolecular Hbond substituents is 1. The number of nitrogens with zero attached hydrogens (tertiary/aromatic N) is 2. The van der Waals surface area contributed by atoms with Gasteiger partial charge >= 0.3 is 0 Å². The maximum atomic E-state index is 9.88. The van der Waals surface area contributed by atoms with Gasteiger partial charge in [0.25, 0.3) is 5.89 Å². The van der Waals surface area contributed by atoms with Crippen molar-refractivity contribution in [1.82, 2.24) is 10.1 Å². The lowest BCUT2D eigenvalue weighted by atomic mass is 10.1. The molecule has 0 spiro atoms. The average molecular weight is 345 g/mol. The number of aromatic nitrogens is 2. The first-order chi connectivity index (χ1) is 10.1. The molecule has 2 aromatic carbocycles. The van der Waals surface area contributed by atoms with E-state index in [0.29, 0.717) is 23.7 Å². The molecular formula is C16H13BrN2O2. The van der Waals surface area contributed by atoms with Crippen molar-refractivity contribution in [1.29, 1.82) is 0 Å². The molecule has 106 valence electrons. The third-order valence-corrected chi connectivity index (χ3v) is 3.60. The summed E-state index contributed by atoms with van der Waals surface area (Å²) in [4.78, 5) is 4.35. The first-order valence-electron chi connectivity index (χ1n) is 6.49. The number of benzene rings is 2. The van der Waals surface area contributed by atoms with E-state index in [-0.39, 0.29) is 5.75 Å². The molecule has 0 radical (unpaired) electrons. The van der Waals surface area contributed by atoms with Gasteiger partial charge in [-0.3, -0.25) is 0 Å². The molecule has 5 heteroatoms. The van der Waals surface area contributed by atoms with E-state index in [4.69, 9.17) is 4.52 Å². The minimum absolute atomic E-state index is 0.115. The Morgan fingerprint density at radius 3 is 2.86 bits per heavy atom. The standard InChI is InChI=1S/C16H13BrN2O2/c1-10-3-2-4-11(7-10)8-15-18-16(21-19-15)13-9-12(17)5-6-14(13)20/h2-7,9,20H,8H2,1H3. The van der Waals surface area contributed by atoms with Crippen LogP contribution in [0.2, 0.25) is 0 Å². The number of phenols is 1. The first-order valence-corrected chi connectivity index (χ1v) is 7.28. The van der Waals surface area contributed by atoms with Gasteiger partial charge in [0.05, 0.1) is 5.56 Å². The lowest BCUT2D eigenvalue weighted by Gasteiger charge is -1.99. The van der Waals surface area contributed by atoms with Gasteiger partial charge in [-0.25, -0.2) is 0 Å². The summed E-state index contributed by atoms with van der Waals surface area (Å²) in [5, 5.41) is 13.9. The van der Waals surface area contributed by atoms with Crippen LogP contribution in [-0.4, -0.2) is 15.2 Å². The molecule has 1 aromatic heterocycles. The predicted octanol–water partition coefficient (Wildman–Crippen LogP) is 4.10. The Bertz CT molecular complexity index is 783. The molecule has 0 aliphatic carbocycles. The molecule has 1 heterocycles. The molecule has 0 amide bonds. The second kappa shape index (κ2) is 5.69. The Hall–Kier alpha value is -2.14. The molecule has 0 atom stereocenters. The minimum Gasteiger partial charge on any atom is -0.507 e. The van der Waals surface area contributed by atoms with Crippen LogP contribution < -0.4 is 0 Å². The number of rotatable bonds is 3. The Balaban J connectivity index is 1.88. The molecule has 3 aromatic rings. The summed E-state index contributed by atoms with van der Waals surface area (Å²) in [7, 11) is 0. The molecule has 0 saturated heterocycles. The van der Waals surface area contributed by atoms with Crippen LogP contribution in [-0.2, 0) is 6.42 Å². The highest BCUT2D eigenvalue weighted by Gasteiger charge is 2.13. The van der Waals surface area contributed by atoms with E-state index in [1.807, 2.05) is 25.1 Å². The molecule has 0 aliphatic heterocycles. The van der Waals surface area contributed by atoms with E-state index in [1.54, 1.807) is 18.2 Å². The maximum Gasteiger partial charge on any atom is 0.261 e. The van der Waals surface area contributed by atoms with E-state index < -0.39 is 0 Å². The van der Waals surface area contributed by atoms with Gasteiger partial charge in [-0.1, -0.05) is 50.9 Å². The zero-order valence-electron chi connectivity index (χ0n) is 11.4. The van der Waals surface area contributed by atoms with Gasteiger partial charge in [-0.15, -0.1) is 0 Å². The van der Waals surface area contributed by atoms with Crippen LogP contribution in [0.1, 0.15) is 17.0 Å². The molecule has 0 bridgehead atoms. The lowest BCUT2D eigenvalue weighted by molar-refractivity contribution is 0.418. The highest BCUT2D eigenvalue weighted by molar-refractivity contribution is 9.10. The van der Waals surface area contributed by atoms with Crippen LogP contribution in [0.3, 0.4) is 0 Å². The second-order valence-electron chi connectivity index (χ2n) is 4.84. The Labute approximate surface area is 130 Å². The normalized spacial score (nSPS) is 10.8. The zero-order valence-corrected chi connectivity index (χ0v) is 13.0. The summed E-state index contributed by atoms with van der Waals surface area (Å²) in [6.45, 7) is 2.05. The largest absolute Gasteiger partial charge is 0.507 e. The van der Waals surface area contributed by atoms with Crippen molar-refractivity contribution in [3.05, 3.63) is 63.9 Å². The van der Waals surface area contributed by atoms with E-state index in [2.05, 4.69) is 32.1 Å². The fourth-order valence-corrected chi connectivity index (χ4v) is 2.48. The average Bonchev–Trinajstić information content (AvgIpc) is 2.90. The van der Waals surface area contributed by atoms with Crippen LogP contribution in [0.4, 0.5) is 0 Å². The van der Waals surface area contributed by atoms with Crippen molar-refractivity contribution in [3.8, 4) is 17.2 Å². The van der Waals surface area contributed by atoms with Gasteiger partial charge in [0, 0.05) is 10.9 Å². The summed E-state index contributed by atoms with van der Waals surface area (Å²) in [6.07, 6.45) is 0.597. The number of hydrogen-bond acceptors (Lipinski definition) is 4. The number of hydrogen-bond donors (Lipinski definition) is 1. The summed E-state index contributed by atoms with van der Waals surface area (Å²) in [5.74, 6) is 1.02. The fourth-order valence-electron chi connectivity index (χ4n) is 2.12. The van der Waals surface area contributed by atoms with Crippen LogP contribution in [0, 0.1) is 6.92 Å². The SMILES string of the molecule is Cc1cccc(Cc2noc(-c3cc(Br)ccc3O)n2)c1. The molecule has 0 aliphatic rings. The number of aromatic hydroxyl groups is 1. The van der Waals surface area contributed by atoms with Gasteiger partial charge < -0.3 is 9.63 Å². The van der Waals surface area contributed by atoms with Crippen LogP contribution in [0.15, 0.2) is 51.5 Å². The second-order valence-corrected chi connectivity index (χ2v) is 5.76. The quantitative estimate of drug-likeness (QED) is 0.776. The smallest absolute Gasteiger partial charge is 0.261 e. The van der Waals surface area contributed by atoms with Crippen molar-refractivity contribution in [2.45, 2.75) is 13.3 Å². The minimum atomic E-state index is 0.115. The van der Waals surface area contributed by atoms with Crippen molar-refractivity contribution in [2.24, 2.45) is 0 Å². The maximum absolute atomic E-state index is 9.88. The van der Waals surface area contributed by atoms with Crippen LogP contribution >= 0.6 is 15.9 Å². The van der Waals surface area contributed by atoms with Crippen molar-refractivity contribution in [2.75, 3.05) is 0 Å². The summed E-state index contributed by atoms with van der Waals surface area (Å²) >= 11 is 3.36. The van der Waals surface area contributed by atoms with E-state index >= 15 is 0 Å². The molecule has 3 rings (SSSR count). The molecule has 0 fully saturated rings. The summed E-state index contributed by atoms with van der Waals surface area (Å²) < 4.78 is 6.09. The number of aryl methyl sites for hydroxylation is 1. The molecule has 1 N–H and O–H groups in total. The predicted molar refractivity (Wildman–Crippen MR) is 83.1 cm³/mol. The van der Waals surface area contributed by atoms with Gasteiger partial charge in [0.2, 0.25) is 0 Å². The Morgan fingerprint density at radius 1 is 1.19 bits per heavy atom. The Kier molecular flexibility index (Phi) is 3.75. The van der Waals surface area contributed by atoms with E-state index in [9.17, 15) is 5.11 Å². The van der Waals surface area contributed by atoms with E-state index in [1.165, 1.54) is 5.56 Å². The first kappa shape index (κ1) is 13.8. The molecular weight excluding hydrogens is 332 g/mol. The molecule has 0 saturated carbocycles. The zero-order chi connectivity index (χ0) is 14.8. The molecule has 4 nitrogen and oxygen atoms in total. The monoisotopic (exact) mass is 344 g/mol. The van der Waals surface area contributed by atoms with Crippen molar-refractivity contribution in [3.63, 3.8) is 0 Å². The Morgan fingerprint density at radius 2 is 2.05 bits per heavy atom. The van der Waals surface area contributed by atoms with Gasteiger partial charge in [0.1, 0.15) is 5.75 Å². The van der Waals surface area contributed by atoms with Gasteiger partial charge in [-0.2, -0.15) is 4.98 Å². The van der Waals surface area contributed by atoms with Crippen LogP contribution in [0.25, 0.3) is 11.5 Å². The third kappa shape index (κ3) is 3.13. The number of halogens is 1. The van der Waals surface area contributed by atoms with Gasteiger partial charge in [-0.05, 0) is 30.7 Å². The topological polar surface area (TPSA) is 59.2 Å².